The van der Waals surface area contributed by atoms with Crippen molar-refractivity contribution in [3.05, 3.63) is 34.9 Å². The Bertz CT molecular complexity index is 616. The first-order valence-electron chi connectivity index (χ1n) is 6.13. The van der Waals surface area contributed by atoms with Crippen LogP contribution in [0.25, 0.3) is 11.1 Å². The highest BCUT2D eigenvalue weighted by Crippen LogP contribution is 2.39. The van der Waals surface area contributed by atoms with Crippen LogP contribution in [0.1, 0.15) is 11.1 Å². The van der Waals surface area contributed by atoms with Crippen LogP contribution in [0.4, 0.5) is 13.2 Å². The van der Waals surface area contributed by atoms with Gasteiger partial charge in [-0.1, -0.05) is 6.08 Å². The van der Waals surface area contributed by atoms with Crippen molar-refractivity contribution in [1.82, 2.24) is 9.99 Å². The Morgan fingerprint density at radius 2 is 2.09 bits per heavy atom. The maximum absolute atomic E-state index is 13.2. The normalized spacial score (nSPS) is 18.2. The highest BCUT2D eigenvalue weighted by Gasteiger charge is 2.36. The molecule has 0 saturated heterocycles. The minimum atomic E-state index is -4.60. The number of nitrogens with zero attached hydrogens (tertiary/aromatic N) is 3. The van der Waals surface area contributed by atoms with Gasteiger partial charge < -0.3 is 19.9 Å². The SMILES string of the molecule is COC(=O)C1C=C(c2cnc(OC)cc2C(F)(F)F)N(C)[N-]1. The summed E-state index contributed by atoms with van der Waals surface area (Å²) in [5, 5.41) is 1.19. The van der Waals surface area contributed by atoms with Gasteiger partial charge in [0.05, 0.1) is 19.8 Å². The zero-order valence-corrected chi connectivity index (χ0v) is 12.0. The number of hydrogen-bond donors (Lipinski definition) is 0. The Morgan fingerprint density at radius 1 is 1.41 bits per heavy atom. The van der Waals surface area contributed by atoms with E-state index in [1.165, 1.54) is 32.4 Å². The predicted molar refractivity (Wildman–Crippen MR) is 70.7 cm³/mol. The first kappa shape index (κ1) is 16.1. The molecule has 0 aromatic carbocycles. The summed E-state index contributed by atoms with van der Waals surface area (Å²) in [5.41, 5.74) is 2.94. The lowest BCUT2D eigenvalue weighted by atomic mass is 10.1. The molecule has 1 atom stereocenters. The number of esters is 1. The molecule has 1 aliphatic rings. The van der Waals surface area contributed by atoms with Gasteiger partial charge >= 0.3 is 6.18 Å². The van der Waals surface area contributed by atoms with Gasteiger partial charge in [-0.05, 0) is 7.05 Å². The summed E-state index contributed by atoms with van der Waals surface area (Å²) in [5.74, 6) is -0.810. The molecule has 1 aromatic heterocycles. The van der Waals surface area contributed by atoms with E-state index in [-0.39, 0.29) is 17.1 Å². The highest BCUT2D eigenvalue weighted by atomic mass is 19.4. The average molecular weight is 316 g/mol. The van der Waals surface area contributed by atoms with Gasteiger partial charge in [0.2, 0.25) is 5.88 Å². The van der Waals surface area contributed by atoms with Crippen molar-refractivity contribution in [1.29, 1.82) is 0 Å². The van der Waals surface area contributed by atoms with Crippen LogP contribution < -0.4 is 4.74 Å². The number of aromatic nitrogens is 1. The van der Waals surface area contributed by atoms with Crippen molar-refractivity contribution < 1.29 is 27.4 Å². The molecule has 0 fully saturated rings. The maximum Gasteiger partial charge on any atom is 0.417 e. The summed E-state index contributed by atoms with van der Waals surface area (Å²) in [7, 11) is 3.85. The lowest BCUT2D eigenvalue weighted by Gasteiger charge is -2.33. The molecule has 1 unspecified atom stereocenters. The summed E-state index contributed by atoms with van der Waals surface area (Å²) < 4.78 is 48.9. The molecule has 120 valence electrons. The van der Waals surface area contributed by atoms with E-state index in [1.807, 2.05) is 0 Å². The van der Waals surface area contributed by atoms with E-state index in [0.717, 1.165) is 12.3 Å². The molecule has 0 amide bonds. The largest absolute Gasteiger partial charge is 0.553 e. The zero-order chi connectivity index (χ0) is 16.5. The molecule has 0 bridgehead atoms. The van der Waals surface area contributed by atoms with Gasteiger partial charge in [0.1, 0.15) is 0 Å². The molecule has 0 N–H and O–H groups in total. The van der Waals surface area contributed by atoms with Crippen molar-refractivity contribution in [2.75, 3.05) is 21.3 Å². The molecule has 22 heavy (non-hydrogen) atoms. The van der Waals surface area contributed by atoms with E-state index >= 15 is 0 Å². The minimum Gasteiger partial charge on any atom is -0.553 e. The van der Waals surface area contributed by atoms with E-state index in [9.17, 15) is 18.0 Å². The molecular weight excluding hydrogens is 303 g/mol. The molecule has 2 heterocycles. The van der Waals surface area contributed by atoms with Crippen LogP contribution in [0.3, 0.4) is 0 Å². The van der Waals surface area contributed by atoms with Crippen molar-refractivity contribution in [2.45, 2.75) is 12.2 Å². The van der Waals surface area contributed by atoms with Crippen LogP contribution in [0.15, 0.2) is 18.3 Å². The summed E-state index contributed by atoms with van der Waals surface area (Å²) in [6.45, 7) is 0. The Morgan fingerprint density at radius 3 is 2.64 bits per heavy atom. The first-order valence-corrected chi connectivity index (χ1v) is 6.13. The Hall–Kier alpha value is -2.29. The minimum absolute atomic E-state index is 0.123. The van der Waals surface area contributed by atoms with Crippen molar-refractivity contribution in [2.24, 2.45) is 0 Å². The molecule has 1 aliphatic heterocycles. The number of pyridine rings is 1. The number of alkyl halides is 3. The standard InChI is InChI=1S/C13H13F3N3O3/c1-19-10(5-9(18-19)12(20)22-3)7-6-17-11(21-2)4-8(7)13(14,15)16/h4-6,9H,1-3H3/q-1. The smallest absolute Gasteiger partial charge is 0.417 e. The third-order valence-electron chi connectivity index (χ3n) is 3.07. The zero-order valence-electron chi connectivity index (χ0n) is 12.0. The topological polar surface area (TPSA) is 65.8 Å². The van der Waals surface area contributed by atoms with E-state index in [2.05, 4.69) is 15.1 Å². The number of ether oxygens (including phenoxy) is 2. The van der Waals surface area contributed by atoms with Gasteiger partial charge in [-0.25, -0.2) is 4.98 Å². The second-order valence-corrected chi connectivity index (χ2v) is 4.43. The summed E-state index contributed by atoms with van der Waals surface area (Å²) in [6.07, 6.45) is -2.26. The molecule has 6 nitrogen and oxygen atoms in total. The van der Waals surface area contributed by atoms with Crippen LogP contribution in [0, 0.1) is 0 Å². The maximum atomic E-state index is 13.2. The molecular formula is C13H13F3N3O3-. The Kier molecular flexibility index (Phi) is 4.27. The average Bonchev–Trinajstić information content (AvgIpc) is 2.86. The van der Waals surface area contributed by atoms with Gasteiger partial charge in [-0.15, -0.1) is 0 Å². The lowest BCUT2D eigenvalue weighted by Crippen LogP contribution is -2.19. The molecule has 0 saturated carbocycles. The predicted octanol–water partition coefficient (Wildman–Crippen LogP) is 2.23. The quantitative estimate of drug-likeness (QED) is 0.800. The number of halogens is 3. The molecule has 0 spiro atoms. The Labute approximate surface area is 124 Å². The van der Waals surface area contributed by atoms with E-state index in [1.54, 1.807) is 0 Å². The lowest BCUT2D eigenvalue weighted by molar-refractivity contribution is -0.140. The van der Waals surface area contributed by atoms with Gasteiger partial charge in [0.15, 0.2) is 0 Å². The molecule has 0 aliphatic carbocycles. The molecule has 1 aromatic rings. The number of hydrogen-bond acceptors (Lipinski definition) is 5. The number of methoxy groups -OCH3 is 2. The van der Waals surface area contributed by atoms with E-state index < -0.39 is 23.8 Å². The monoisotopic (exact) mass is 316 g/mol. The third-order valence-corrected chi connectivity index (χ3v) is 3.07. The number of carbonyl (C=O) groups is 1. The second kappa shape index (κ2) is 5.84. The third kappa shape index (κ3) is 2.98. The van der Waals surface area contributed by atoms with Gasteiger partial charge in [0, 0.05) is 29.6 Å². The summed E-state index contributed by atoms with van der Waals surface area (Å²) >= 11 is 0. The molecule has 0 radical (unpaired) electrons. The number of rotatable bonds is 3. The van der Waals surface area contributed by atoms with Crippen LogP contribution in [0.2, 0.25) is 0 Å². The van der Waals surface area contributed by atoms with Crippen LogP contribution in [0.5, 0.6) is 5.88 Å². The summed E-state index contributed by atoms with van der Waals surface area (Å²) in [4.78, 5) is 15.3. The second-order valence-electron chi connectivity index (χ2n) is 4.43. The van der Waals surface area contributed by atoms with E-state index in [0.29, 0.717) is 0 Å². The van der Waals surface area contributed by atoms with E-state index in [4.69, 9.17) is 4.74 Å². The highest BCUT2D eigenvalue weighted by molar-refractivity contribution is 5.87. The van der Waals surface area contributed by atoms with Crippen molar-refractivity contribution in [3.63, 3.8) is 0 Å². The summed E-state index contributed by atoms with van der Waals surface area (Å²) in [6, 6.07) is -0.177. The van der Waals surface area contributed by atoms with Crippen LogP contribution in [-0.4, -0.2) is 43.3 Å². The van der Waals surface area contributed by atoms with Crippen LogP contribution >= 0.6 is 0 Å². The van der Waals surface area contributed by atoms with Gasteiger partial charge in [-0.3, -0.25) is 4.79 Å². The molecule has 9 heteroatoms. The first-order chi connectivity index (χ1) is 10.3. The fourth-order valence-electron chi connectivity index (χ4n) is 2.03. The fourth-order valence-corrected chi connectivity index (χ4v) is 2.03. The molecule has 2 rings (SSSR count). The van der Waals surface area contributed by atoms with Crippen molar-refractivity contribution in [3.8, 4) is 5.88 Å². The van der Waals surface area contributed by atoms with Crippen molar-refractivity contribution >= 4 is 11.7 Å². The van der Waals surface area contributed by atoms with Gasteiger partial charge in [-0.2, -0.15) is 13.2 Å². The fraction of sp³-hybridized carbons (Fsp3) is 0.385. The Balaban J connectivity index is 2.50. The van der Waals surface area contributed by atoms with Gasteiger partial charge in [0.25, 0.3) is 5.97 Å². The van der Waals surface area contributed by atoms with Crippen LogP contribution in [-0.2, 0) is 15.7 Å². The number of carbonyl (C=O) groups excluding carboxylic acids is 1.